The monoisotopic (exact) mass is 317 g/mol. The van der Waals surface area contributed by atoms with E-state index in [-0.39, 0.29) is 11.3 Å². The first-order chi connectivity index (χ1) is 10.2. The highest BCUT2D eigenvalue weighted by Crippen LogP contribution is 2.36. The normalized spacial score (nSPS) is 16.8. The zero-order valence-corrected chi connectivity index (χ0v) is 12.8. The van der Waals surface area contributed by atoms with Gasteiger partial charge in [0, 0.05) is 10.4 Å². The molecule has 0 amide bonds. The van der Waals surface area contributed by atoms with Gasteiger partial charge in [0.15, 0.2) is 0 Å². The van der Waals surface area contributed by atoms with Crippen molar-refractivity contribution in [2.75, 3.05) is 11.9 Å². The lowest BCUT2D eigenvalue weighted by Crippen LogP contribution is -2.13. The van der Waals surface area contributed by atoms with Crippen LogP contribution in [-0.2, 0) is 0 Å². The molecule has 106 valence electrons. The number of ether oxygens (including phenoxy) is 1. The zero-order chi connectivity index (χ0) is 14.4. The molecule has 0 bridgehead atoms. The number of anilines is 1. The van der Waals surface area contributed by atoms with Crippen molar-refractivity contribution in [1.82, 2.24) is 9.97 Å². The average Bonchev–Trinajstić information content (AvgIpc) is 3.02. The number of halogens is 1. The van der Waals surface area contributed by atoms with Gasteiger partial charge in [-0.2, -0.15) is 0 Å². The third-order valence-electron chi connectivity index (χ3n) is 3.50. The number of rotatable bonds is 2. The predicted octanol–water partition coefficient (Wildman–Crippen LogP) is 4.20. The summed E-state index contributed by atoms with van der Waals surface area (Å²) < 4.78 is 5.69. The number of para-hydroxylation sites is 1. The summed E-state index contributed by atoms with van der Waals surface area (Å²) in [5.74, 6) is 1.69. The van der Waals surface area contributed by atoms with Gasteiger partial charge in [0.25, 0.3) is 0 Å². The van der Waals surface area contributed by atoms with Crippen LogP contribution < -0.4 is 10.1 Å². The van der Waals surface area contributed by atoms with E-state index in [1.165, 1.54) is 4.88 Å². The molecule has 0 radical (unpaired) electrons. The first kappa shape index (κ1) is 12.9. The van der Waals surface area contributed by atoms with E-state index in [4.69, 9.17) is 16.3 Å². The Labute approximate surface area is 130 Å². The fourth-order valence-electron chi connectivity index (χ4n) is 2.57. The summed E-state index contributed by atoms with van der Waals surface area (Å²) in [7, 11) is 0. The molecule has 0 aliphatic carbocycles. The molecule has 0 saturated heterocycles. The number of nitrogens with one attached hydrogen (secondary N) is 1. The SMILES string of the molecule is Cc1cc2c(NC3COc4ccccc43)nc(Cl)nc2s1. The van der Waals surface area contributed by atoms with Crippen molar-refractivity contribution in [1.29, 1.82) is 0 Å². The predicted molar refractivity (Wildman–Crippen MR) is 85.5 cm³/mol. The largest absolute Gasteiger partial charge is 0.491 e. The van der Waals surface area contributed by atoms with Crippen LogP contribution in [0.25, 0.3) is 10.2 Å². The second-order valence-electron chi connectivity index (χ2n) is 4.96. The molecule has 3 aromatic rings. The summed E-state index contributed by atoms with van der Waals surface area (Å²) in [5, 5.41) is 4.71. The van der Waals surface area contributed by atoms with Crippen molar-refractivity contribution < 1.29 is 4.74 Å². The van der Waals surface area contributed by atoms with Crippen molar-refractivity contribution in [2.24, 2.45) is 0 Å². The standard InChI is InChI=1S/C15H12ClN3OS/c1-8-6-10-13(18-15(16)19-14(10)21-8)17-11-7-20-12-5-3-2-4-9(11)12/h2-6,11H,7H2,1H3,(H,17,18,19). The molecule has 1 N–H and O–H groups in total. The van der Waals surface area contributed by atoms with E-state index >= 15 is 0 Å². The molecule has 2 aromatic heterocycles. The van der Waals surface area contributed by atoms with E-state index in [0.717, 1.165) is 27.3 Å². The average molecular weight is 318 g/mol. The molecule has 6 heteroatoms. The van der Waals surface area contributed by atoms with Crippen molar-refractivity contribution >= 4 is 39.0 Å². The number of hydrogen-bond donors (Lipinski definition) is 1. The molecular formula is C15H12ClN3OS. The smallest absolute Gasteiger partial charge is 0.225 e. The van der Waals surface area contributed by atoms with Gasteiger partial charge in [-0.15, -0.1) is 11.3 Å². The maximum atomic E-state index is 6.03. The first-order valence-corrected chi connectivity index (χ1v) is 7.82. The van der Waals surface area contributed by atoms with Crippen LogP contribution in [0.15, 0.2) is 30.3 Å². The van der Waals surface area contributed by atoms with Gasteiger partial charge in [-0.25, -0.2) is 9.97 Å². The summed E-state index contributed by atoms with van der Waals surface area (Å²) in [6.45, 7) is 2.64. The molecule has 1 unspecified atom stereocenters. The molecule has 0 fully saturated rings. The molecule has 1 atom stereocenters. The molecule has 4 rings (SSSR count). The minimum Gasteiger partial charge on any atom is -0.491 e. The van der Waals surface area contributed by atoms with Crippen LogP contribution in [0.1, 0.15) is 16.5 Å². The molecule has 0 spiro atoms. The highest BCUT2D eigenvalue weighted by atomic mass is 35.5. The van der Waals surface area contributed by atoms with Crippen LogP contribution in [0, 0.1) is 6.92 Å². The Morgan fingerprint density at radius 3 is 3.10 bits per heavy atom. The van der Waals surface area contributed by atoms with E-state index < -0.39 is 0 Å². The van der Waals surface area contributed by atoms with Crippen LogP contribution in [-0.4, -0.2) is 16.6 Å². The van der Waals surface area contributed by atoms with Gasteiger partial charge in [0.2, 0.25) is 5.28 Å². The lowest BCUT2D eigenvalue weighted by Gasteiger charge is -2.13. The Morgan fingerprint density at radius 2 is 2.19 bits per heavy atom. The summed E-state index contributed by atoms with van der Waals surface area (Å²) in [6.07, 6.45) is 0. The van der Waals surface area contributed by atoms with Crippen LogP contribution >= 0.6 is 22.9 Å². The van der Waals surface area contributed by atoms with Crippen molar-refractivity contribution in [3.63, 3.8) is 0 Å². The third-order valence-corrected chi connectivity index (χ3v) is 4.61. The Morgan fingerprint density at radius 1 is 1.33 bits per heavy atom. The van der Waals surface area contributed by atoms with E-state index in [1.807, 2.05) is 18.2 Å². The number of nitrogens with zero attached hydrogens (tertiary/aromatic N) is 2. The number of aryl methyl sites for hydroxylation is 1. The summed E-state index contributed by atoms with van der Waals surface area (Å²) >= 11 is 7.65. The highest BCUT2D eigenvalue weighted by Gasteiger charge is 2.24. The summed E-state index contributed by atoms with van der Waals surface area (Å²) in [5.41, 5.74) is 1.15. The fourth-order valence-corrected chi connectivity index (χ4v) is 3.67. The molecular weight excluding hydrogens is 306 g/mol. The highest BCUT2D eigenvalue weighted by molar-refractivity contribution is 7.18. The molecule has 1 aliphatic rings. The minimum absolute atomic E-state index is 0.0792. The van der Waals surface area contributed by atoms with Crippen molar-refractivity contribution in [3.8, 4) is 5.75 Å². The lowest BCUT2D eigenvalue weighted by atomic mass is 10.1. The number of hydrogen-bond acceptors (Lipinski definition) is 5. The fraction of sp³-hybridized carbons (Fsp3) is 0.200. The number of benzene rings is 1. The van der Waals surface area contributed by atoms with E-state index in [9.17, 15) is 0 Å². The Kier molecular flexibility index (Phi) is 2.97. The number of fused-ring (bicyclic) bond motifs is 2. The molecule has 1 aromatic carbocycles. The quantitative estimate of drug-likeness (QED) is 0.720. The second kappa shape index (κ2) is 4.86. The second-order valence-corrected chi connectivity index (χ2v) is 6.54. The Bertz CT molecular complexity index is 833. The molecule has 21 heavy (non-hydrogen) atoms. The van der Waals surface area contributed by atoms with Gasteiger partial charge in [0.1, 0.15) is 23.0 Å². The molecule has 1 aliphatic heterocycles. The van der Waals surface area contributed by atoms with E-state index in [0.29, 0.717) is 6.61 Å². The van der Waals surface area contributed by atoms with Crippen molar-refractivity contribution in [3.05, 3.63) is 46.1 Å². The third kappa shape index (κ3) is 2.22. The van der Waals surface area contributed by atoms with Crippen LogP contribution in [0.5, 0.6) is 5.75 Å². The summed E-state index contributed by atoms with van der Waals surface area (Å²) in [4.78, 5) is 10.7. The maximum absolute atomic E-state index is 6.03. The molecule has 4 nitrogen and oxygen atoms in total. The van der Waals surface area contributed by atoms with Crippen LogP contribution in [0.3, 0.4) is 0 Å². The minimum atomic E-state index is 0.0792. The Hall–Kier alpha value is -1.85. The lowest BCUT2D eigenvalue weighted by molar-refractivity contribution is 0.339. The van der Waals surface area contributed by atoms with Crippen LogP contribution in [0.4, 0.5) is 5.82 Å². The maximum Gasteiger partial charge on any atom is 0.225 e. The van der Waals surface area contributed by atoms with Crippen LogP contribution in [0.2, 0.25) is 5.28 Å². The molecule has 3 heterocycles. The number of thiophene rings is 1. The number of aromatic nitrogens is 2. The first-order valence-electron chi connectivity index (χ1n) is 6.62. The van der Waals surface area contributed by atoms with Gasteiger partial charge in [-0.3, -0.25) is 0 Å². The zero-order valence-electron chi connectivity index (χ0n) is 11.3. The van der Waals surface area contributed by atoms with Gasteiger partial charge in [-0.05, 0) is 30.7 Å². The van der Waals surface area contributed by atoms with Gasteiger partial charge in [-0.1, -0.05) is 18.2 Å². The van der Waals surface area contributed by atoms with Gasteiger partial charge in [0.05, 0.1) is 11.4 Å². The van der Waals surface area contributed by atoms with Gasteiger partial charge < -0.3 is 10.1 Å². The summed E-state index contributed by atoms with van der Waals surface area (Å²) in [6, 6.07) is 10.2. The van der Waals surface area contributed by atoms with E-state index in [2.05, 4.69) is 34.3 Å². The van der Waals surface area contributed by atoms with Crippen molar-refractivity contribution in [2.45, 2.75) is 13.0 Å². The molecule has 0 saturated carbocycles. The topological polar surface area (TPSA) is 47.0 Å². The van der Waals surface area contributed by atoms with Gasteiger partial charge >= 0.3 is 0 Å². The van der Waals surface area contributed by atoms with E-state index in [1.54, 1.807) is 11.3 Å². The Balaban J connectivity index is 1.75.